The highest BCUT2D eigenvalue weighted by Gasteiger charge is 2.04. The lowest BCUT2D eigenvalue weighted by Crippen LogP contribution is -2.26. The number of aromatic nitrogens is 2. The molecule has 0 aliphatic carbocycles. The van der Waals surface area contributed by atoms with Crippen LogP contribution in [0.4, 0.5) is 4.79 Å². The van der Waals surface area contributed by atoms with Gasteiger partial charge >= 0.3 is 6.09 Å². The number of carbonyl (C=O) groups is 1. The number of rotatable bonds is 5. The molecular formula is C19H17N3O2S. The number of benzene rings is 1. The lowest BCUT2D eigenvalue weighted by molar-refractivity contribution is 0.141. The summed E-state index contributed by atoms with van der Waals surface area (Å²) in [6, 6.07) is 13.7. The summed E-state index contributed by atoms with van der Waals surface area (Å²) in [6.07, 6.45) is 3.61. The van der Waals surface area contributed by atoms with Crippen LogP contribution in [0.15, 0.2) is 55.0 Å². The molecule has 0 fully saturated rings. The zero-order valence-corrected chi connectivity index (χ0v) is 14.3. The lowest BCUT2D eigenvalue weighted by Gasteiger charge is -2.05. The van der Waals surface area contributed by atoms with Crippen LogP contribution in [0.3, 0.4) is 0 Å². The molecule has 3 aromatic rings. The van der Waals surface area contributed by atoms with E-state index in [0.29, 0.717) is 13.0 Å². The van der Waals surface area contributed by atoms with E-state index in [2.05, 4.69) is 27.1 Å². The van der Waals surface area contributed by atoms with Crippen molar-refractivity contribution in [1.82, 2.24) is 15.3 Å². The van der Waals surface area contributed by atoms with Gasteiger partial charge < -0.3 is 15.0 Å². The van der Waals surface area contributed by atoms with Gasteiger partial charge in [-0.15, -0.1) is 11.3 Å². The number of carbonyl (C=O) groups excluding carboxylic acids is 1. The summed E-state index contributed by atoms with van der Waals surface area (Å²) in [6.45, 7) is 0.743. The largest absolute Gasteiger partial charge is 0.444 e. The van der Waals surface area contributed by atoms with Gasteiger partial charge in [0, 0.05) is 35.3 Å². The summed E-state index contributed by atoms with van der Waals surface area (Å²) >= 11 is 1.52. The van der Waals surface area contributed by atoms with E-state index in [1.807, 2.05) is 42.5 Å². The van der Waals surface area contributed by atoms with Crippen molar-refractivity contribution in [2.45, 2.75) is 13.0 Å². The van der Waals surface area contributed by atoms with Crippen LogP contribution in [-0.2, 0) is 17.8 Å². The van der Waals surface area contributed by atoms with Crippen LogP contribution >= 0.6 is 11.3 Å². The molecule has 6 heteroatoms. The molecule has 126 valence electrons. The van der Waals surface area contributed by atoms with E-state index in [4.69, 9.17) is 4.74 Å². The number of ether oxygens (including phenoxy) is 1. The fourth-order valence-electron chi connectivity index (χ4n) is 2.09. The number of amides is 1. The Morgan fingerprint density at radius 3 is 2.88 bits per heavy atom. The van der Waals surface area contributed by atoms with E-state index in [-0.39, 0.29) is 6.61 Å². The van der Waals surface area contributed by atoms with Gasteiger partial charge in [-0.3, -0.25) is 0 Å². The van der Waals surface area contributed by atoms with E-state index in [0.717, 1.165) is 21.0 Å². The number of thiophene rings is 1. The van der Waals surface area contributed by atoms with Crippen LogP contribution in [0.25, 0.3) is 0 Å². The maximum atomic E-state index is 11.7. The van der Waals surface area contributed by atoms with Crippen molar-refractivity contribution in [3.05, 3.63) is 76.0 Å². The second kappa shape index (κ2) is 8.71. The molecule has 0 saturated carbocycles. The monoisotopic (exact) mass is 351 g/mol. The van der Waals surface area contributed by atoms with Crippen LogP contribution in [0.5, 0.6) is 0 Å². The number of alkyl carbamates (subject to hydrolysis) is 1. The molecule has 0 radical (unpaired) electrons. The van der Waals surface area contributed by atoms with Gasteiger partial charge in [0.2, 0.25) is 0 Å². The van der Waals surface area contributed by atoms with Gasteiger partial charge in [-0.05, 0) is 24.3 Å². The zero-order valence-electron chi connectivity index (χ0n) is 13.5. The first-order valence-corrected chi connectivity index (χ1v) is 8.65. The lowest BCUT2D eigenvalue weighted by atomic mass is 10.2. The van der Waals surface area contributed by atoms with Gasteiger partial charge in [0.15, 0.2) is 0 Å². The predicted octanol–water partition coefficient (Wildman–Crippen LogP) is 3.34. The molecule has 0 unspecified atom stereocenters. The SMILES string of the molecule is O=C(NCCc1cnc[nH]1)OCc1ccc(C#Cc2ccccc2)s1. The number of nitrogens with one attached hydrogen (secondary N) is 2. The smallest absolute Gasteiger partial charge is 0.407 e. The van der Waals surface area contributed by atoms with Crippen LogP contribution in [0.2, 0.25) is 0 Å². The van der Waals surface area contributed by atoms with Gasteiger partial charge in [-0.2, -0.15) is 0 Å². The van der Waals surface area contributed by atoms with Crippen molar-refractivity contribution in [2.24, 2.45) is 0 Å². The third-order valence-corrected chi connectivity index (χ3v) is 4.30. The van der Waals surface area contributed by atoms with E-state index in [9.17, 15) is 4.79 Å². The number of hydrogen-bond acceptors (Lipinski definition) is 4. The second-order valence-corrected chi connectivity index (χ2v) is 6.38. The van der Waals surface area contributed by atoms with Gasteiger partial charge in [0.25, 0.3) is 0 Å². The highest BCUT2D eigenvalue weighted by Crippen LogP contribution is 2.16. The van der Waals surface area contributed by atoms with E-state index in [1.165, 1.54) is 11.3 Å². The standard InChI is InChI=1S/C19H17N3O2S/c23-19(21-11-10-16-12-20-14-22-16)24-13-18-9-8-17(25-18)7-6-15-4-2-1-3-5-15/h1-5,8-9,12,14H,10-11,13H2,(H,20,22)(H,21,23). The molecule has 5 nitrogen and oxygen atoms in total. The molecule has 1 aromatic carbocycles. The fraction of sp³-hybridized carbons (Fsp3) is 0.158. The Bertz CT molecular complexity index is 861. The molecule has 0 aliphatic heterocycles. The van der Waals surface area contributed by atoms with Crippen LogP contribution in [0.1, 0.15) is 21.0 Å². The van der Waals surface area contributed by atoms with Crippen molar-refractivity contribution >= 4 is 17.4 Å². The number of imidazole rings is 1. The van der Waals surface area contributed by atoms with Gasteiger partial charge in [0.1, 0.15) is 6.61 Å². The predicted molar refractivity (Wildman–Crippen MR) is 97.2 cm³/mol. The number of nitrogens with zero attached hydrogens (tertiary/aromatic N) is 1. The molecular weight excluding hydrogens is 334 g/mol. The molecule has 0 aliphatic rings. The number of aromatic amines is 1. The first kappa shape index (κ1) is 16.8. The Hall–Kier alpha value is -3.04. The third-order valence-electron chi connectivity index (χ3n) is 3.33. The highest BCUT2D eigenvalue weighted by molar-refractivity contribution is 7.12. The van der Waals surface area contributed by atoms with Crippen LogP contribution < -0.4 is 5.32 Å². The number of hydrogen-bond donors (Lipinski definition) is 2. The topological polar surface area (TPSA) is 67.0 Å². The van der Waals surface area contributed by atoms with E-state index in [1.54, 1.807) is 12.5 Å². The maximum Gasteiger partial charge on any atom is 0.407 e. The quantitative estimate of drug-likeness (QED) is 0.693. The molecule has 25 heavy (non-hydrogen) atoms. The Labute approximate surface area is 150 Å². The van der Waals surface area contributed by atoms with Crippen molar-refractivity contribution in [2.75, 3.05) is 6.54 Å². The van der Waals surface area contributed by atoms with Crippen LogP contribution in [0, 0.1) is 11.8 Å². The summed E-state index contributed by atoms with van der Waals surface area (Å²) in [5, 5.41) is 2.71. The minimum atomic E-state index is -0.426. The van der Waals surface area contributed by atoms with Crippen LogP contribution in [-0.4, -0.2) is 22.6 Å². The second-order valence-electron chi connectivity index (χ2n) is 5.21. The van der Waals surface area contributed by atoms with E-state index < -0.39 is 6.09 Å². The van der Waals surface area contributed by atoms with Gasteiger partial charge in [-0.25, -0.2) is 9.78 Å². The molecule has 2 N–H and O–H groups in total. The highest BCUT2D eigenvalue weighted by atomic mass is 32.1. The third kappa shape index (κ3) is 5.52. The Kier molecular flexibility index (Phi) is 5.86. The van der Waals surface area contributed by atoms with Gasteiger partial charge in [0.05, 0.1) is 11.2 Å². The fourth-order valence-corrected chi connectivity index (χ4v) is 2.86. The molecule has 2 aromatic heterocycles. The van der Waals surface area contributed by atoms with E-state index >= 15 is 0 Å². The minimum Gasteiger partial charge on any atom is -0.444 e. The molecule has 0 bridgehead atoms. The Balaban J connectivity index is 1.42. The summed E-state index contributed by atoms with van der Waals surface area (Å²) in [7, 11) is 0. The Morgan fingerprint density at radius 1 is 1.20 bits per heavy atom. The van der Waals surface area contributed by atoms with Crippen molar-refractivity contribution in [3.63, 3.8) is 0 Å². The average Bonchev–Trinajstić information content (AvgIpc) is 3.31. The van der Waals surface area contributed by atoms with Crippen molar-refractivity contribution < 1.29 is 9.53 Å². The summed E-state index contributed by atoms with van der Waals surface area (Å²) < 4.78 is 5.21. The Morgan fingerprint density at radius 2 is 2.08 bits per heavy atom. The minimum absolute atomic E-state index is 0.244. The normalized spacial score (nSPS) is 9.92. The summed E-state index contributed by atoms with van der Waals surface area (Å²) in [5.41, 5.74) is 1.95. The van der Waals surface area contributed by atoms with Crippen molar-refractivity contribution in [3.8, 4) is 11.8 Å². The molecule has 1 amide bonds. The van der Waals surface area contributed by atoms with Crippen molar-refractivity contribution in [1.29, 1.82) is 0 Å². The summed E-state index contributed by atoms with van der Waals surface area (Å²) in [4.78, 5) is 20.5. The summed E-state index contributed by atoms with van der Waals surface area (Å²) in [5.74, 6) is 6.23. The molecule has 0 spiro atoms. The number of H-pyrrole nitrogens is 1. The average molecular weight is 351 g/mol. The molecule has 0 atom stereocenters. The molecule has 2 heterocycles. The van der Waals surface area contributed by atoms with Gasteiger partial charge in [-0.1, -0.05) is 30.0 Å². The zero-order chi connectivity index (χ0) is 17.3. The molecule has 0 saturated heterocycles. The first-order valence-electron chi connectivity index (χ1n) is 7.83. The first-order chi connectivity index (χ1) is 12.3. The maximum absolute atomic E-state index is 11.7. The molecule has 3 rings (SSSR count).